The zero-order valence-corrected chi connectivity index (χ0v) is 8.18. The highest BCUT2D eigenvalue weighted by Gasteiger charge is 2.24. The number of Topliss-reactive ketones (excluding diaryl/α,β-unsaturated/α-hetero) is 1. The van der Waals surface area contributed by atoms with Gasteiger partial charge in [-0.2, -0.15) is 0 Å². The van der Waals surface area contributed by atoms with Gasteiger partial charge in [0.15, 0.2) is 0 Å². The van der Waals surface area contributed by atoms with E-state index in [2.05, 4.69) is 10.2 Å². The summed E-state index contributed by atoms with van der Waals surface area (Å²) in [6, 6.07) is 7.15. The molecule has 3 rings (SSSR count). The van der Waals surface area contributed by atoms with Gasteiger partial charge in [-0.25, -0.2) is 0 Å². The second kappa shape index (κ2) is 3.06. The monoisotopic (exact) mass is 210 g/mol. The largest absolute Gasteiger partial charge is 0.286 e. The Hall–Kier alpha value is -2.36. The molecule has 4 nitrogen and oxygen atoms in total. The summed E-state index contributed by atoms with van der Waals surface area (Å²) >= 11 is 0. The Morgan fingerprint density at radius 2 is 1.75 bits per heavy atom. The number of hydrogen-bond acceptors (Lipinski definition) is 4. The molecule has 0 radical (unpaired) electrons. The summed E-state index contributed by atoms with van der Waals surface area (Å²) < 4.78 is 0. The minimum absolute atomic E-state index is 0.359. The third-order valence-corrected chi connectivity index (χ3v) is 2.54. The third kappa shape index (κ3) is 1.10. The molecule has 1 aliphatic rings. The number of fused-ring (bicyclic) bond motifs is 3. The first kappa shape index (κ1) is 8.91. The molecule has 0 fully saturated rings. The van der Waals surface area contributed by atoms with Crippen LogP contribution in [0.2, 0.25) is 0 Å². The summed E-state index contributed by atoms with van der Waals surface area (Å²) in [4.78, 5) is 23.1. The first-order chi connectivity index (χ1) is 7.77. The summed E-state index contributed by atoms with van der Waals surface area (Å²) in [5.41, 5.74) is 1.44. The van der Waals surface area contributed by atoms with Gasteiger partial charge in [0.05, 0.1) is 16.8 Å². The molecule has 16 heavy (non-hydrogen) atoms. The molecule has 0 spiro atoms. The van der Waals surface area contributed by atoms with Crippen LogP contribution in [0.25, 0.3) is 17.0 Å². The fourth-order valence-electron chi connectivity index (χ4n) is 1.78. The summed E-state index contributed by atoms with van der Waals surface area (Å²) in [6.07, 6.45) is 2.76. The van der Waals surface area contributed by atoms with Crippen LogP contribution >= 0.6 is 0 Å². The van der Waals surface area contributed by atoms with Crippen molar-refractivity contribution in [2.24, 2.45) is 0 Å². The first-order valence-electron chi connectivity index (χ1n) is 4.79. The van der Waals surface area contributed by atoms with E-state index in [4.69, 9.17) is 0 Å². The van der Waals surface area contributed by atoms with Crippen molar-refractivity contribution in [3.05, 3.63) is 41.6 Å². The van der Waals surface area contributed by atoms with Gasteiger partial charge in [-0.15, -0.1) is 10.2 Å². The fraction of sp³-hybridized carbons (Fsp3) is 0. The predicted molar refractivity (Wildman–Crippen MR) is 57.9 cm³/mol. The van der Waals surface area contributed by atoms with Crippen LogP contribution in [-0.2, 0) is 4.79 Å². The molecular weight excluding hydrogens is 204 g/mol. The van der Waals surface area contributed by atoms with Crippen LogP contribution in [0.1, 0.15) is 16.1 Å². The normalized spacial score (nSPS) is 14.2. The van der Waals surface area contributed by atoms with Crippen molar-refractivity contribution in [1.29, 1.82) is 0 Å². The molecule has 1 aromatic heterocycles. The third-order valence-electron chi connectivity index (χ3n) is 2.54. The van der Waals surface area contributed by atoms with E-state index in [9.17, 15) is 9.59 Å². The van der Waals surface area contributed by atoms with Crippen LogP contribution < -0.4 is 0 Å². The Bertz CT molecular complexity index is 659. The zero-order valence-electron chi connectivity index (χ0n) is 8.18. The first-order valence-corrected chi connectivity index (χ1v) is 4.79. The second-order valence-corrected chi connectivity index (χ2v) is 3.50. The smallest absolute Gasteiger partial charge is 0.235 e. The van der Waals surface area contributed by atoms with Gasteiger partial charge in [-0.1, -0.05) is 18.2 Å². The molecule has 1 aliphatic carbocycles. The van der Waals surface area contributed by atoms with Crippen molar-refractivity contribution in [1.82, 2.24) is 10.2 Å². The van der Waals surface area contributed by atoms with E-state index >= 15 is 0 Å². The van der Waals surface area contributed by atoms with Crippen LogP contribution in [0.15, 0.2) is 30.3 Å². The van der Waals surface area contributed by atoms with Gasteiger partial charge >= 0.3 is 0 Å². The van der Waals surface area contributed by atoms with E-state index < -0.39 is 11.6 Å². The predicted octanol–water partition coefficient (Wildman–Crippen LogP) is 1.41. The molecule has 0 atom stereocenters. The molecule has 0 saturated heterocycles. The van der Waals surface area contributed by atoms with Crippen molar-refractivity contribution in [3.63, 3.8) is 0 Å². The lowest BCUT2D eigenvalue weighted by molar-refractivity contribution is -0.110. The molecular formula is C12H6N2O2. The molecule has 1 heterocycles. The Morgan fingerprint density at radius 3 is 2.62 bits per heavy atom. The summed E-state index contributed by atoms with van der Waals surface area (Å²) in [5.74, 6) is -1.02. The highest BCUT2D eigenvalue weighted by Crippen LogP contribution is 2.23. The number of allylic oxidation sites excluding steroid dienone is 1. The van der Waals surface area contributed by atoms with Crippen LogP contribution in [-0.4, -0.2) is 21.8 Å². The van der Waals surface area contributed by atoms with E-state index in [-0.39, 0.29) is 0 Å². The maximum atomic E-state index is 11.8. The molecule has 0 saturated carbocycles. The second-order valence-electron chi connectivity index (χ2n) is 3.50. The SMILES string of the molecule is O=C1C=Cc2nnc3ccccc3c2C1=O. The molecule has 0 unspecified atom stereocenters. The van der Waals surface area contributed by atoms with Crippen LogP contribution in [0, 0.1) is 0 Å². The maximum Gasteiger partial charge on any atom is 0.235 e. The number of aromatic nitrogens is 2. The highest BCUT2D eigenvalue weighted by atomic mass is 16.2. The van der Waals surface area contributed by atoms with Crippen LogP contribution in [0.4, 0.5) is 0 Å². The Morgan fingerprint density at radius 1 is 0.938 bits per heavy atom. The van der Waals surface area contributed by atoms with Crippen molar-refractivity contribution in [3.8, 4) is 0 Å². The standard InChI is InChI=1S/C12H6N2O2/c15-10-6-5-9-11(12(10)16)7-3-1-2-4-8(7)13-14-9/h1-6H. The Labute approximate surface area is 90.6 Å². The topological polar surface area (TPSA) is 59.9 Å². The summed E-state index contributed by atoms with van der Waals surface area (Å²) in [5, 5.41) is 8.59. The van der Waals surface area contributed by atoms with E-state index in [1.54, 1.807) is 18.2 Å². The van der Waals surface area contributed by atoms with Gasteiger partial charge in [-0.05, 0) is 18.2 Å². The number of benzene rings is 1. The van der Waals surface area contributed by atoms with E-state index in [0.717, 1.165) is 0 Å². The van der Waals surface area contributed by atoms with Crippen molar-refractivity contribution >= 4 is 28.5 Å². The Balaban J connectivity index is 2.46. The lowest BCUT2D eigenvalue weighted by Crippen LogP contribution is -2.18. The number of ketones is 2. The molecule has 76 valence electrons. The van der Waals surface area contributed by atoms with Gasteiger partial charge in [0, 0.05) is 5.39 Å². The molecule has 0 amide bonds. The molecule has 2 aromatic rings. The van der Waals surface area contributed by atoms with E-state index in [1.807, 2.05) is 6.07 Å². The molecule has 4 heteroatoms. The summed E-state index contributed by atoms with van der Waals surface area (Å²) in [7, 11) is 0. The number of carbonyl (C=O) groups is 2. The van der Waals surface area contributed by atoms with Crippen molar-refractivity contribution in [2.75, 3.05) is 0 Å². The summed E-state index contributed by atoms with van der Waals surface area (Å²) in [6.45, 7) is 0. The van der Waals surface area contributed by atoms with Crippen LogP contribution in [0.5, 0.6) is 0 Å². The van der Waals surface area contributed by atoms with Gasteiger partial charge in [0.25, 0.3) is 0 Å². The number of carbonyl (C=O) groups excluding carboxylic acids is 2. The quantitative estimate of drug-likeness (QED) is 0.617. The van der Waals surface area contributed by atoms with Gasteiger partial charge in [-0.3, -0.25) is 9.59 Å². The lowest BCUT2D eigenvalue weighted by Gasteiger charge is -2.09. The average Bonchev–Trinajstić information content (AvgIpc) is 2.33. The number of rotatable bonds is 0. The van der Waals surface area contributed by atoms with Gasteiger partial charge < -0.3 is 0 Å². The average molecular weight is 210 g/mol. The fourth-order valence-corrected chi connectivity index (χ4v) is 1.78. The van der Waals surface area contributed by atoms with Gasteiger partial charge in [0.1, 0.15) is 0 Å². The number of hydrogen-bond donors (Lipinski definition) is 0. The minimum Gasteiger partial charge on any atom is -0.286 e. The van der Waals surface area contributed by atoms with Gasteiger partial charge in [0.2, 0.25) is 11.6 Å². The molecule has 0 aliphatic heterocycles. The Kier molecular flexibility index (Phi) is 1.71. The maximum absolute atomic E-state index is 11.8. The van der Waals surface area contributed by atoms with Crippen LogP contribution in [0.3, 0.4) is 0 Å². The van der Waals surface area contributed by atoms with E-state index in [0.29, 0.717) is 22.2 Å². The van der Waals surface area contributed by atoms with Crippen molar-refractivity contribution < 1.29 is 9.59 Å². The molecule has 0 bridgehead atoms. The molecule has 1 aromatic carbocycles. The number of nitrogens with zero attached hydrogens (tertiary/aromatic N) is 2. The van der Waals surface area contributed by atoms with Crippen molar-refractivity contribution in [2.45, 2.75) is 0 Å². The highest BCUT2D eigenvalue weighted by molar-refractivity contribution is 6.51. The lowest BCUT2D eigenvalue weighted by atomic mass is 9.96. The minimum atomic E-state index is -0.511. The molecule has 0 N–H and O–H groups in total. The zero-order chi connectivity index (χ0) is 11.1. The van der Waals surface area contributed by atoms with E-state index in [1.165, 1.54) is 12.2 Å².